The van der Waals surface area contributed by atoms with Gasteiger partial charge in [0.25, 0.3) is 0 Å². The predicted molar refractivity (Wildman–Crippen MR) is 62.6 cm³/mol. The van der Waals surface area contributed by atoms with Gasteiger partial charge in [-0.3, -0.25) is 0 Å². The Morgan fingerprint density at radius 1 is 1.43 bits per heavy atom. The van der Waals surface area contributed by atoms with Gasteiger partial charge in [-0.05, 0) is 32.4 Å². The SMILES string of the molecule is CCCC(CN1CCC(CC)C1)NC. The number of likely N-dealkylation sites (N-methyl/N-ethyl adjacent to an activating group) is 1. The third-order valence-electron chi connectivity index (χ3n) is 3.47. The molecule has 2 heteroatoms. The van der Waals surface area contributed by atoms with Gasteiger partial charge in [0.15, 0.2) is 0 Å². The maximum absolute atomic E-state index is 3.42. The van der Waals surface area contributed by atoms with Gasteiger partial charge in [0.05, 0.1) is 0 Å². The smallest absolute Gasteiger partial charge is 0.0191 e. The molecule has 0 amide bonds. The molecule has 1 aliphatic rings. The Morgan fingerprint density at radius 2 is 2.21 bits per heavy atom. The highest BCUT2D eigenvalue weighted by Crippen LogP contribution is 2.19. The van der Waals surface area contributed by atoms with Crippen molar-refractivity contribution in [1.29, 1.82) is 0 Å². The van der Waals surface area contributed by atoms with Crippen molar-refractivity contribution in [3.8, 4) is 0 Å². The van der Waals surface area contributed by atoms with Gasteiger partial charge in [-0.15, -0.1) is 0 Å². The lowest BCUT2D eigenvalue weighted by Crippen LogP contribution is -2.38. The second-order valence-electron chi connectivity index (χ2n) is 4.60. The predicted octanol–water partition coefficient (Wildman–Crippen LogP) is 2.11. The summed E-state index contributed by atoms with van der Waals surface area (Å²) in [4.78, 5) is 2.63. The van der Waals surface area contributed by atoms with Crippen LogP contribution in [0.15, 0.2) is 0 Å². The molecule has 2 nitrogen and oxygen atoms in total. The summed E-state index contributed by atoms with van der Waals surface area (Å²) in [6, 6.07) is 0.704. The summed E-state index contributed by atoms with van der Waals surface area (Å²) in [5.74, 6) is 0.967. The lowest BCUT2D eigenvalue weighted by molar-refractivity contribution is 0.278. The highest BCUT2D eigenvalue weighted by Gasteiger charge is 2.22. The van der Waals surface area contributed by atoms with E-state index in [2.05, 4.69) is 31.1 Å². The maximum Gasteiger partial charge on any atom is 0.0191 e. The molecule has 1 fully saturated rings. The Kier molecular flexibility index (Phi) is 5.49. The first-order valence-corrected chi connectivity index (χ1v) is 6.19. The van der Waals surface area contributed by atoms with E-state index >= 15 is 0 Å². The van der Waals surface area contributed by atoms with Gasteiger partial charge < -0.3 is 10.2 Å². The van der Waals surface area contributed by atoms with Crippen LogP contribution in [0.25, 0.3) is 0 Å². The van der Waals surface area contributed by atoms with Crippen LogP contribution in [0.3, 0.4) is 0 Å². The maximum atomic E-state index is 3.42. The average molecular weight is 198 g/mol. The quantitative estimate of drug-likeness (QED) is 0.703. The molecule has 0 aromatic carbocycles. The molecular formula is C12H26N2. The number of hydrogen-bond acceptors (Lipinski definition) is 2. The standard InChI is InChI=1S/C12H26N2/c1-4-6-12(13-3)10-14-8-7-11(5-2)9-14/h11-13H,4-10H2,1-3H3. The van der Waals surface area contributed by atoms with Crippen LogP contribution in [0.4, 0.5) is 0 Å². The fourth-order valence-corrected chi connectivity index (χ4v) is 2.40. The molecule has 84 valence electrons. The Balaban J connectivity index is 2.22. The number of nitrogens with one attached hydrogen (secondary N) is 1. The fourth-order valence-electron chi connectivity index (χ4n) is 2.40. The van der Waals surface area contributed by atoms with Crippen molar-refractivity contribution in [2.45, 2.75) is 45.6 Å². The van der Waals surface area contributed by atoms with Crippen molar-refractivity contribution < 1.29 is 0 Å². The first kappa shape index (κ1) is 12.0. The summed E-state index contributed by atoms with van der Waals surface area (Å²) in [6.07, 6.45) is 5.37. The molecule has 2 atom stereocenters. The van der Waals surface area contributed by atoms with Gasteiger partial charge in [0, 0.05) is 19.1 Å². The third-order valence-corrected chi connectivity index (χ3v) is 3.47. The van der Waals surface area contributed by atoms with E-state index in [-0.39, 0.29) is 0 Å². The summed E-state index contributed by atoms with van der Waals surface area (Å²) in [7, 11) is 2.09. The van der Waals surface area contributed by atoms with Crippen LogP contribution in [0, 0.1) is 5.92 Å². The van der Waals surface area contributed by atoms with E-state index in [1.54, 1.807) is 0 Å². The van der Waals surface area contributed by atoms with Gasteiger partial charge in [-0.25, -0.2) is 0 Å². The van der Waals surface area contributed by atoms with Crippen LogP contribution in [-0.2, 0) is 0 Å². The van der Waals surface area contributed by atoms with E-state index in [1.165, 1.54) is 45.3 Å². The Bertz CT molecular complexity index is 147. The Morgan fingerprint density at radius 3 is 2.71 bits per heavy atom. The van der Waals surface area contributed by atoms with E-state index in [1.807, 2.05) is 0 Å². The largest absolute Gasteiger partial charge is 0.316 e. The molecule has 0 saturated carbocycles. The van der Waals surface area contributed by atoms with Crippen LogP contribution in [-0.4, -0.2) is 37.6 Å². The molecule has 0 radical (unpaired) electrons. The van der Waals surface area contributed by atoms with Crippen molar-refractivity contribution >= 4 is 0 Å². The van der Waals surface area contributed by atoms with Gasteiger partial charge in [0.1, 0.15) is 0 Å². The lowest BCUT2D eigenvalue weighted by Gasteiger charge is -2.23. The molecule has 1 rings (SSSR count). The molecular weight excluding hydrogens is 172 g/mol. The summed E-state index contributed by atoms with van der Waals surface area (Å²) in [5, 5.41) is 3.42. The Labute approximate surface area is 89.1 Å². The minimum atomic E-state index is 0.704. The molecule has 1 N–H and O–H groups in total. The van der Waals surface area contributed by atoms with Crippen molar-refractivity contribution in [2.24, 2.45) is 5.92 Å². The van der Waals surface area contributed by atoms with Crippen molar-refractivity contribution in [1.82, 2.24) is 10.2 Å². The van der Waals surface area contributed by atoms with Gasteiger partial charge >= 0.3 is 0 Å². The second-order valence-corrected chi connectivity index (χ2v) is 4.60. The van der Waals surface area contributed by atoms with Gasteiger partial charge in [0.2, 0.25) is 0 Å². The van der Waals surface area contributed by atoms with E-state index in [9.17, 15) is 0 Å². The molecule has 0 aliphatic carbocycles. The lowest BCUT2D eigenvalue weighted by atomic mass is 10.1. The molecule has 14 heavy (non-hydrogen) atoms. The molecule has 0 aromatic rings. The average Bonchev–Trinajstić information content (AvgIpc) is 2.65. The molecule has 0 aromatic heterocycles. The first-order chi connectivity index (χ1) is 6.80. The minimum Gasteiger partial charge on any atom is -0.316 e. The summed E-state index contributed by atoms with van der Waals surface area (Å²) < 4.78 is 0. The van der Waals surface area contributed by atoms with Crippen LogP contribution in [0.5, 0.6) is 0 Å². The molecule has 1 aliphatic heterocycles. The zero-order valence-corrected chi connectivity index (χ0v) is 10.1. The van der Waals surface area contributed by atoms with E-state index < -0.39 is 0 Å². The molecule has 0 spiro atoms. The van der Waals surface area contributed by atoms with Gasteiger partial charge in [-0.1, -0.05) is 26.7 Å². The Hall–Kier alpha value is -0.0800. The number of hydrogen-bond donors (Lipinski definition) is 1. The fraction of sp³-hybridized carbons (Fsp3) is 1.00. The van der Waals surface area contributed by atoms with Crippen molar-refractivity contribution in [3.05, 3.63) is 0 Å². The van der Waals surface area contributed by atoms with E-state index in [0.717, 1.165) is 5.92 Å². The zero-order valence-electron chi connectivity index (χ0n) is 10.1. The second kappa shape index (κ2) is 6.41. The normalized spacial score (nSPS) is 25.5. The molecule has 0 bridgehead atoms. The monoisotopic (exact) mass is 198 g/mol. The van der Waals surface area contributed by atoms with E-state index in [0.29, 0.717) is 6.04 Å². The first-order valence-electron chi connectivity index (χ1n) is 6.19. The summed E-state index contributed by atoms with van der Waals surface area (Å²) in [6.45, 7) is 8.48. The number of nitrogens with zero attached hydrogens (tertiary/aromatic N) is 1. The number of rotatable bonds is 6. The van der Waals surface area contributed by atoms with Crippen LogP contribution < -0.4 is 5.32 Å². The van der Waals surface area contributed by atoms with Crippen LogP contribution in [0.1, 0.15) is 39.5 Å². The van der Waals surface area contributed by atoms with E-state index in [4.69, 9.17) is 0 Å². The zero-order chi connectivity index (χ0) is 10.4. The number of likely N-dealkylation sites (tertiary alicyclic amines) is 1. The van der Waals surface area contributed by atoms with Crippen molar-refractivity contribution in [3.63, 3.8) is 0 Å². The molecule has 2 unspecified atom stereocenters. The topological polar surface area (TPSA) is 15.3 Å². The summed E-state index contributed by atoms with van der Waals surface area (Å²) in [5.41, 5.74) is 0. The van der Waals surface area contributed by atoms with Gasteiger partial charge in [-0.2, -0.15) is 0 Å². The minimum absolute atomic E-state index is 0.704. The van der Waals surface area contributed by atoms with Crippen molar-refractivity contribution in [2.75, 3.05) is 26.7 Å². The molecule has 1 saturated heterocycles. The van der Waals surface area contributed by atoms with Crippen LogP contribution in [0.2, 0.25) is 0 Å². The highest BCUT2D eigenvalue weighted by atomic mass is 15.2. The molecule has 1 heterocycles. The summed E-state index contributed by atoms with van der Waals surface area (Å²) >= 11 is 0. The highest BCUT2D eigenvalue weighted by molar-refractivity contribution is 4.78. The van der Waals surface area contributed by atoms with Crippen LogP contribution >= 0.6 is 0 Å². The third kappa shape index (κ3) is 3.58.